The first-order valence-corrected chi connectivity index (χ1v) is 13.4. The molecule has 0 aromatic carbocycles. The summed E-state index contributed by atoms with van der Waals surface area (Å²) in [5.74, 6) is -0.143. The van der Waals surface area contributed by atoms with Gasteiger partial charge >= 0.3 is 6.09 Å². The number of rotatable bonds is 8. The molecular formula is C27H45N3O6. The van der Waals surface area contributed by atoms with E-state index in [2.05, 4.69) is 44.1 Å². The molecule has 1 aliphatic carbocycles. The third kappa shape index (κ3) is 5.59. The lowest BCUT2D eigenvalue weighted by atomic mass is 9.68. The number of amides is 2. The van der Waals surface area contributed by atoms with E-state index in [4.69, 9.17) is 18.9 Å². The molecule has 2 amide bonds. The Morgan fingerprint density at radius 1 is 1.19 bits per heavy atom. The van der Waals surface area contributed by atoms with Crippen LogP contribution in [0.4, 0.5) is 4.79 Å². The fraction of sp³-hybridized carbons (Fsp3) is 0.852. The lowest BCUT2D eigenvalue weighted by molar-refractivity contribution is -0.136. The molecule has 0 aromatic rings. The Hall–Kier alpha value is -1.68. The maximum atomic E-state index is 13.2. The van der Waals surface area contributed by atoms with E-state index < -0.39 is 18.2 Å². The number of hydrogen-bond donors (Lipinski definition) is 1. The van der Waals surface area contributed by atoms with Crippen molar-refractivity contribution < 1.29 is 28.5 Å². The Bertz CT molecular complexity index is 846. The Labute approximate surface area is 215 Å². The van der Waals surface area contributed by atoms with Crippen LogP contribution in [-0.2, 0) is 23.7 Å². The first kappa shape index (κ1) is 27.4. The monoisotopic (exact) mass is 507 g/mol. The van der Waals surface area contributed by atoms with Gasteiger partial charge in [-0.3, -0.25) is 4.79 Å². The molecule has 3 heterocycles. The number of allylic oxidation sites excluding steroid dienone is 1. The van der Waals surface area contributed by atoms with Gasteiger partial charge in [0.05, 0.1) is 18.6 Å². The van der Waals surface area contributed by atoms with Crippen LogP contribution in [0.25, 0.3) is 0 Å². The highest BCUT2D eigenvalue weighted by molar-refractivity contribution is 5.86. The van der Waals surface area contributed by atoms with Crippen LogP contribution in [0.5, 0.6) is 0 Å². The zero-order valence-electron chi connectivity index (χ0n) is 23.0. The van der Waals surface area contributed by atoms with Gasteiger partial charge in [-0.1, -0.05) is 25.5 Å². The first-order chi connectivity index (χ1) is 17.0. The third-order valence-electron chi connectivity index (χ3n) is 8.52. The first-order valence-electron chi connectivity index (χ1n) is 13.4. The number of alkyl carbamates (subject to hydrolysis) is 1. The topological polar surface area (TPSA) is 96.2 Å². The van der Waals surface area contributed by atoms with Gasteiger partial charge in [0.1, 0.15) is 29.5 Å². The van der Waals surface area contributed by atoms with Gasteiger partial charge < -0.3 is 34.1 Å². The van der Waals surface area contributed by atoms with Crippen LogP contribution in [-0.4, -0.2) is 104 Å². The average molecular weight is 508 g/mol. The zero-order valence-corrected chi connectivity index (χ0v) is 23.0. The second kappa shape index (κ2) is 10.6. The summed E-state index contributed by atoms with van der Waals surface area (Å²) < 4.78 is 24.2. The van der Waals surface area contributed by atoms with Crippen molar-refractivity contribution in [2.75, 3.05) is 46.9 Å². The van der Waals surface area contributed by atoms with Gasteiger partial charge in [-0.05, 0) is 53.0 Å². The normalized spacial score (nSPS) is 36.9. The minimum Gasteiger partial charge on any atom is -0.443 e. The number of hydrogen-bond acceptors (Lipinski definition) is 7. The minimum atomic E-state index is -0.628. The molecule has 3 saturated heterocycles. The summed E-state index contributed by atoms with van der Waals surface area (Å²) in [7, 11) is 3.71. The quantitative estimate of drug-likeness (QED) is 0.398. The SMILES string of the molecule is COC1[C@H](OC(=O)N[C@@H](C(=O)N2CCN(C)CC2)C(C)C)CC[C@]2(CO2)[C@H]1[C@@]1(C)O[C@@H]1CC=C(C)C. The van der Waals surface area contributed by atoms with Crippen LogP contribution in [0.2, 0.25) is 0 Å². The molecule has 9 nitrogen and oxygen atoms in total. The van der Waals surface area contributed by atoms with E-state index in [1.54, 1.807) is 7.11 Å². The lowest BCUT2D eigenvalue weighted by Gasteiger charge is -2.42. The van der Waals surface area contributed by atoms with Crippen molar-refractivity contribution in [2.45, 2.75) is 89.4 Å². The highest BCUT2D eigenvalue weighted by atomic mass is 16.6. The molecular weight excluding hydrogens is 462 g/mol. The van der Waals surface area contributed by atoms with Gasteiger partial charge in [0, 0.05) is 33.3 Å². The lowest BCUT2D eigenvalue weighted by Crippen LogP contribution is -2.58. The largest absolute Gasteiger partial charge is 0.443 e. The highest BCUT2D eigenvalue weighted by Crippen LogP contribution is 2.59. The summed E-state index contributed by atoms with van der Waals surface area (Å²) >= 11 is 0. The van der Waals surface area contributed by atoms with E-state index in [0.29, 0.717) is 26.1 Å². The number of piperazine rings is 1. The molecule has 9 heteroatoms. The van der Waals surface area contributed by atoms with Crippen LogP contribution in [0, 0.1) is 11.8 Å². The van der Waals surface area contributed by atoms with Crippen LogP contribution >= 0.6 is 0 Å². The third-order valence-corrected chi connectivity index (χ3v) is 8.52. The van der Waals surface area contributed by atoms with Gasteiger partial charge in [0.25, 0.3) is 0 Å². The van der Waals surface area contributed by atoms with Gasteiger partial charge in [-0.15, -0.1) is 0 Å². The molecule has 1 unspecified atom stereocenters. The standard InChI is InChI=1S/C27H45N3O6/c1-17(2)8-9-20-26(5,36-20)23-22(33-7)19(10-11-27(23)16-34-27)35-25(32)28-21(18(3)4)24(31)30-14-12-29(6)13-15-30/h8,18-23H,9-16H2,1-7H3,(H,28,32)/t19-,20-,21-,22?,23-,26+,27+/m1/s1. The second-order valence-corrected chi connectivity index (χ2v) is 11.8. The van der Waals surface area contributed by atoms with E-state index in [1.165, 1.54) is 5.57 Å². The summed E-state index contributed by atoms with van der Waals surface area (Å²) in [6, 6.07) is -0.628. The van der Waals surface area contributed by atoms with Crippen molar-refractivity contribution in [1.82, 2.24) is 15.1 Å². The molecule has 4 rings (SSSR count). The molecule has 1 N–H and O–H groups in total. The Morgan fingerprint density at radius 3 is 2.42 bits per heavy atom. The number of likely N-dealkylation sites (N-methyl/N-ethyl adjacent to an activating group) is 1. The van der Waals surface area contributed by atoms with E-state index in [9.17, 15) is 9.59 Å². The number of methoxy groups -OCH3 is 1. The summed E-state index contributed by atoms with van der Waals surface area (Å²) in [4.78, 5) is 30.3. The van der Waals surface area contributed by atoms with Gasteiger partial charge in [0.15, 0.2) is 0 Å². The molecule has 3 aliphatic heterocycles. The molecule has 0 bridgehead atoms. The van der Waals surface area contributed by atoms with E-state index in [-0.39, 0.29) is 41.2 Å². The number of carbonyl (C=O) groups excluding carboxylic acids is 2. The van der Waals surface area contributed by atoms with Gasteiger partial charge in [-0.25, -0.2) is 4.79 Å². The average Bonchev–Trinajstić information content (AvgIpc) is 3.74. The molecule has 36 heavy (non-hydrogen) atoms. The van der Waals surface area contributed by atoms with Crippen LogP contribution in [0.3, 0.4) is 0 Å². The van der Waals surface area contributed by atoms with E-state index >= 15 is 0 Å². The summed E-state index contributed by atoms with van der Waals surface area (Å²) in [6.07, 6.45) is 3.22. The molecule has 1 spiro atoms. The summed E-state index contributed by atoms with van der Waals surface area (Å²) in [5.41, 5.74) is 0.601. The van der Waals surface area contributed by atoms with Crippen molar-refractivity contribution in [3.63, 3.8) is 0 Å². The fourth-order valence-electron chi connectivity index (χ4n) is 6.11. The van der Waals surface area contributed by atoms with Crippen molar-refractivity contribution in [1.29, 1.82) is 0 Å². The molecule has 4 aliphatic rings. The molecule has 1 saturated carbocycles. The molecule has 0 aromatic heterocycles. The fourth-order valence-corrected chi connectivity index (χ4v) is 6.11. The Kier molecular flexibility index (Phi) is 8.05. The number of carbonyl (C=O) groups is 2. The van der Waals surface area contributed by atoms with E-state index in [1.807, 2.05) is 18.7 Å². The molecule has 4 fully saturated rings. The Balaban J connectivity index is 1.41. The van der Waals surface area contributed by atoms with Crippen molar-refractivity contribution in [2.24, 2.45) is 11.8 Å². The molecule has 204 valence electrons. The molecule has 0 radical (unpaired) electrons. The molecule has 7 atom stereocenters. The number of epoxide rings is 2. The van der Waals surface area contributed by atoms with E-state index in [0.717, 1.165) is 25.9 Å². The van der Waals surface area contributed by atoms with Crippen LogP contribution < -0.4 is 5.32 Å². The number of ether oxygens (including phenoxy) is 4. The Morgan fingerprint density at radius 2 is 1.86 bits per heavy atom. The highest BCUT2D eigenvalue weighted by Gasteiger charge is 2.72. The maximum absolute atomic E-state index is 13.2. The van der Waals surface area contributed by atoms with Crippen molar-refractivity contribution in [3.05, 3.63) is 11.6 Å². The van der Waals surface area contributed by atoms with Gasteiger partial charge in [0.2, 0.25) is 5.91 Å². The summed E-state index contributed by atoms with van der Waals surface area (Å²) in [6.45, 7) is 13.9. The van der Waals surface area contributed by atoms with Gasteiger partial charge in [-0.2, -0.15) is 0 Å². The second-order valence-electron chi connectivity index (χ2n) is 11.8. The van der Waals surface area contributed by atoms with Crippen LogP contribution in [0.1, 0.15) is 53.9 Å². The smallest absolute Gasteiger partial charge is 0.408 e. The predicted molar refractivity (Wildman–Crippen MR) is 136 cm³/mol. The van der Waals surface area contributed by atoms with Crippen molar-refractivity contribution >= 4 is 12.0 Å². The van der Waals surface area contributed by atoms with Crippen molar-refractivity contribution in [3.8, 4) is 0 Å². The maximum Gasteiger partial charge on any atom is 0.408 e. The predicted octanol–water partition coefficient (Wildman–Crippen LogP) is 2.59. The summed E-state index contributed by atoms with van der Waals surface area (Å²) in [5, 5.41) is 2.87. The van der Waals surface area contributed by atoms with Crippen LogP contribution in [0.15, 0.2) is 11.6 Å². The zero-order chi connectivity index (χ0) is 26.3. The minimum absolute atomic E-state index is 0.0371. The number of nitrogens with zero attached hydrogens (tertiary/aromatic N) is 2. The number of nitrogens with one attached hydrogen (secondary N) is 1.